The number of amides is 1. The molecule has 140 valence electrons. The molecule has 0 fully saturated rings. The Kier molecular flexibility index (Phi) is 7.51. The predicted molar refractivity (Wildman–Crippen MR) is 112 cm³/mol. The minimum atomic E-state index is 0.0387. The first-order valence-corrected chi connectivity index (χ1v) is 9.71. The summed E-state index contributed by atoms with van der Waals surface area (Å²) >= 11 is 3.52. The fourth-order valence-electron chi connectivity index (χ4n) is 2.54. The molecule has 0 unspecified atom stereocenters. The highest BCUT2D eigenvalue weighted by atomic mass is 79.9. The van der Waals surface area contributed by atoms with Crippen LogP contribution >= 0.6 is 15.9 Å². The second-order valence-corrected chi connectivity index (χ2v) is 7.91. The number of halogens is 1. The molecule has 0 aliphatic rings. The van der Waals surface area contributed by atoms with Gasteiger partial charge < -0.3 is 15.4 Å². The highest BCUT2D eigenvalue weighted by Crippen LogP contribution is 2.26. The molecule has 0 saturated carbocycles. The number of carbonyl (C=O) groups is 1. The number of hydrogen-bond donors (Lipinski definition) is 2. The van der Waals surface area contributed by atoms with Crippen molar-refractivity contribution >= 4 is 33.2 Å². The Morgan fingerprint density at radius 3 is 2.50 bits per heavy atom. The van der Waals surface area contributed by atoms with Crippen LogP contribution in [0, 0.1) is 5.92 Å². The molecule has 2 rings (SSSR count). The van der Waals surface area contributed by atoms with Crippen LogP contribution in [-0.2, 0) is 11.3 Å². The van der Waals surface area contributed by atoms with Gasteiger partial charge in [0.05, 0.1) is 6.10 Å². The standard InChI is InChI=1S/C21H27BrN2O2/c1-14(2)10-21(25)24-19-7-5-6-18(12-19)23-13-16-11-17(22)8-9-20(16)26-15(3)4/h5-9,11-12,14-15,23H,10,13H2,1-4H3,(H,24,25). The molecule has 0 heterocycles. The normalized spacial score (nSPS) is 10.9. The van der Waals surface area contributed by atoms with Crippen LogP contribution in [0.2, 0.25) is 0 Å². The van der Waals surface area contributed by atoms with Crippen molar-refractivity contribution in [2.45, 2.75) is 46.8 Å². The quantitative estimate of drug-likeness (QED) is 0.566. The van der Waals surface area contributed by atoms with Crippen molar-refractivity contribution in [3.05, 3.63) is 52.5 Å². The molecule has 0 saturated heterocycles. The van der Waals surface area contributed by atoms with Gasteiger partial charge in [-0.15, -0.1) is 0 Å². The molecule has 0 aliphatic heterocycles. The topological polar surface area (TPSA) is 50.4 Å². The van der Waals surface area contributed by atoms with Crippen LogP contribution in [0.15, 0.2) is 46.9 Å². The van der Waals surface area contributed by atoms with Crippen LogP contribution in [0.25, 0.3) is 0 Å². The van der Waals surface area contributed by atoms with Gasteiger partial charge in [-0.2, -0.15) is 0 Å². The number of nitrogens with one attached hydrogen (secondary N) is 2. The molecule has 26 heavy (non-hydrogen) atoms. The molecule has 0 aromatic heterocycles. The van der Waals surface area contributed by atoms with Gasteiger partial charge in [-0.05, 0) is 56.2 Å². The molecule has 2 aromatic rings. The summed E-state index contributed by atoms with van der Waals surface area (Å²) in [6.07, 6.45) is 0.639. The average Bonchev–Trinajstić information content (AvgIpc) is 2.54. The largest absolute Gasteiger partial charge is 0.491 e. The SMILES string of the molecule is CC(C)CC(=O)Nc1cccc(NCc2cc(Br)ccc2OC(C)C)c1. The molecule has 5 heteroatoms. The van der Waals surface area contributed by atoms with E-state index in [2.05, 4.69) is 32.6 Å². The Morgan fingerprint density at radius 1 is 1.08 bits per heavy atom. The number of carbonyl (C=O) groups excluding carboxylic acids is 1. The van der Waals surface area contributed by atoms with Crippen molar-refractivity contribution in [1.29, 1.82) is 0 Å². The predicted octanol–water partition coefficient (Wildman–Crippen LogP) is 5.83. The second kappa shape index (κ2) is 9.62. The van der Waals surface area contributed by atoms with Crippen molar-refractivity contribution in [3.63, 3.8) is 0 Å². The van der Waals surface area contributed by atoms with Gasteiger partial charge in [-0.1, -0.05) is 35.8 Å². The van der Waals surface area contributed by atoms with Gasteiger partial charge >= 0.3 is 0 Å². The van der Waals surface area contributed by atoms with E-state index in [0.29, 0.717) is 18.9 Å². The van der Waals surface area contributed by atoms with Crippen molar-refractivity contribution < 1.29 is 9.53 Å². The molecule has 1 amide bonds. The minimum Gasteiger partial charge on any atom is -0.491 e. The van der Waals surface area contributed by atoms with Gasteiger partial charge in [0.2, 0.25) is 5.91 Å². The Labute approximate surface area is 164 Å². The maximum absolute atomic E-state index is 11.9. The smallest absolute Gasteiger partial charge is 0.224 e. The summed E-state index contributed by atoms with van der Waals surface area (Å²) in [6, 6.07) is 13.8. The van der Waals surface area contributed by atoms with Crippen LogP contribution in [0.4, 0.5) is 11.4 Å². The van der Waals surface area contributed by atoms with Gasteiger partial charge in [0.25, 0.3) is 0 Å². The van der Waals surface area contributed by atoms with Crippen LogP contribution in [0.1, 0.15) is 39.7 Å². The van der Waals surface area contributed by atoms with E-state index in [1.165, 1.54) is 0 Å². The number of anilines is 2. The summed E-state index contributed by atoms with van der Waals surface area (Å²) in [6.45, 7) is 8.73. The summed E-state index contributed by atoms with van der Waals surface area (Å²) in [7, 11) is 0. The van der Waals surface area contributed by atoms with Crippen LogP contribution in [-0.4, -0.2) is 12.0 Å². The molecule has 0 radical (unpaired) electrons. The Hall–Kier alpha value is -2.01. The summed E-state index contributed by atoms with van der Waals surface area (Å²) in [5.74, 6) is 1.25. The van der Waals surface area contributed by atoms with E-state index >= 15 is 0 Å². The highest BCUT2D eigenvalue weighted by molar-refractivity contribution is 9.10. The zero-order valence-corrected chi connectivity index (χ0v) is 17.4. The Bertz CT molecular complexity index is 745. The Morgan fingerprint density at radius 2 is 1.81 bits per heavy atom. The number of rotatable bonds is 8. The van der Waals surface area contributed by atoms with Crippen LogP contribution < -0.4 is 15.4 Å². The molecule has 4 nitrogen and oxygen atoms in total. The molecule has 2 N–H and O–H groups in total. The van der Waals surface area contributed by atoms with Gasteiger partial charge in [0, 0.05) is 34.4 Å². The fraction of sp³-hybridized carbons (Fsp3) is 0.381. The van der Waals surface area contributed by atoms with E-state index in [1.54, 1.807) is 0 Å². The monoisotopic (exact) mass is 418 g/mol. The van der Waals surface area contributed by atoms with E-state index in [9.17, 15) is 4.79 Å². The lowest BCUT2D eigenvalue weighted by atomic mass is 10.1. The number of ether oxygens (including phenoxy) is 1. The Balaban J connectivity index is 2.05. The summed E-state index contributed by atoms with van der Waals surface area (Å²) < 4.78 is 6.90. The number of benzene rings is 2. The van der Waals surface area contributed by atoms with Crippen molar-refractivity contribution in [1.82, 2.24) is 0 Å². The first-order valence-electron chi connectivity index (χ1n) is 8.92. The summed E-state index contributed by atoms with van der Waals surface area (Å²) in [5, 5.41) is 6.35. The molecule has 0 spiro atoms. The maximum Gasteiger partial charge on any atom is 0.224 e. The van der Waals surface area contributed by atoms with E-state index < -0.39 is 0 Å². The molecule has 0 aliphatic carbocycles. The zero-order chi connectivity index (χ0) is 19.1. The molecular weight excluding hydrogens is 392 g/mol. The van der Waals surface area contributed by atoms with E-state index in [-0.39, 0.29) is 12.0 Å². The first-order chi connectivity index (χ1) is 12.3. The number of hydrogen-bond acceptors (Lipinski definition) is 3. The van der Waals surface area contributed by atoms with Gasteiger partial charge in [-0.3, -0.25) is 4.79 Å². The van der Waals surface area contributed by atoms with Crippen molar-refractivity contribution in [2.75, 3.05) is 10.6 Å². The minimum absolute atomic E-state index is 0.0387. The lowest BCUT2D eigenvalue weighted by Gasteiger charge is -2.16. The third kappa shape index (κ3) is 6.71. The lowest BCUT2D eigenvalue weighted by Crippen LogP contribution is -2.14. The highest BCUT2D eigenvalue weighted by Gasteiger charge is 2.08. The van der Waals surface area contributed by atoms with E-state index in [1.807, 2.05) is 64.1 Å². The molecule has 2 aromatic carbocycles. The van der Waals surface area contributed by atoms with E-state index in [4.69, 9.17) is 4.74 Å². The van der Waals surface area contributed by atoms with Crippen molar-refractivity contribution in [2.24, 2.45) is 5.92 Å². The maximum atomic E-state index is 11.9. The van der Waals surface area contributed by atoms with Crippen LogP contribution in [0.3, 0.4) is 0 Å². The molecular formula is C21H27BrN2O2. The first kappa shape index (κ1) is 20.3. The lowest BCUT2D eigenvalue weighted by molar-refractivity contribution is -0.116. The van der Waals surface area contributed by atoms with Gasteiger partial charge in [-0.25, -0.2) is 0 Å². The van der Waals surface area contributed by atoms with Gasteiger partial charge in [0.15, 0.2) is 0 Å². The third-order valence-corrected chi connectivity index (χ3v) is 4.10. The fourth-order valence-corrected chi connectivity index (χ4v) is 2.95. The van der Waals surface area contributed by atoms with Crippen LogP contribution in [0.5, 0.6) is 5.75 Å². The van der Waals surface area contributed by atoms with Crippen molar-refractivity contribution in [3.8, 4) is 5.75 Å². The second-order valence-electron chi connectivity index (χ2n) is 7.00. The third-order valence-electron chi connectivity index (χ3n) is 3.61. The van der Waals surface area contributed by atoms with E-state index in [0.717, 1.165) is 27.2 Å². The summed E-state index contributed by atoms with van der Waals surface area (Å²) in [5.41, 5.74) is 2.82. The summed E-state index contributed by atoms with van der Waals surface area (Å²) in [4.78, 5) is 11.9. The van der Waals surface area contributed by atoms with Gasteiger partial charge in [0.1, 0.15) is 5.75 Å². The molecule has 0 bridgehead atoms. The zero-order valence-electron chi connectivity index (χ0n) is 15.8. The average molecular weight is 419 g/mol. The molecule has 0 atom stereocenters.